The van der Waals surface area contributed by atoms with Gasteiger partial charge in [-0.2, -0.15) is 0 Å². The lowest BCUT2D eigenvalue weighted by Crippen LogP contribution is -2.40. The lowest BCUT2D eigenvalue weighted by atomic mass is 9.79. The molecule has 1 aromatic rings. The minimum Gasteiger partial charge on any atom is -0.392 e. The van der Waals surface area contributed by atoms with Crippen molar-refractivity contribution in [1.29, 1.82) is 0 Å². The highest BCUT2D eigenvalue weighted by Gasteiger charge is 2.57. The summed E-state index contributed by atoms with van der Waals surface area (Å²) in [5, 5.41) is 10.5. The first-order chi connectivity index (χ1) is 10.8. The largest absolute Gasteiger partial charge is 0.392 e. The molecule has 3 aliphatic rings. The van der Waals surface area contributed by atoms with E-state index in [0.29, 0.717) is 5.92 Å². The number of aliphatic hydroxyl groups is 1. The third kappa shape index (κ3) is 2.96. The summed E-state index contributed by atoms with van der Waals surface area (Å²) < 4.78 is 0. The number of hydrogen-bond donors (Lipinski definition) is 1. The van der Waals surface area contributed by atoms with Gasteiger partial charge in [-0.15, -0.1) is 0 Å². The van der Waals surface area contributed by atoms with Crippen molar-refractivity contribution in [3.05, 3.63) is 35.9 Å². The Bertz CT molecular complexity index is 488. The van der Waals surface area contributed by atoms with Gasteiger partial charge in [-0.25, -0.2) is 0 Å². The van der Waals surface area contributed by atoms with Crippen LogP contribution in [0.3, 0.4) is 0 Å². The molecule has 120 valence electrons. The van der Waals surface area contributed by atoms with E-state index >= 15 is 0 Å². The van der Waals surface area contributed by atoms with Crippen LogP contribution < -0.4 is 0 Å². The van der Waals surface area contributed by atoms with Gasteiger partial charge in [-0.3, -0.25) is 0 Å². The molecular formula is C20H29NO. The van der Waals surface area contributed by atoms with Crippen LogP contribution in [0.5, 0.6) is 0 Å². The van der Waals surface area contributed by atoms with Crippen molar-refractivity contribution in [3.63, 3.8) is 0 Å². The molecule has 0 bridgehead atoms. The van der Waals surface area contributed by atoms with Crippen LogP contribution in [-0.2, 0) is 6.42 Å². The van der Waals surface area contributed by atoms with Gasteiger partial charge >= 0.3 is 0 Å². The monoisotopic (exact) mass is 299 g/mol. The molecule has 2 atom stereocenters. The van der Waals surface area contributed by atoms with Crippen LogP contribution in [-0.4, -0.2) is 35.7 Å². The number of aliphatic hydroxyl groups excluding tert-OH is 1. The normalized spacial score (nSPS) is 29.2. The average molecular weight is 299 g/mol. The molecular weight excluding hydrogens is 270 g/mol. The Morgan fingerprint density at radius 1 is 1.14 bits per heavy atom. The van der Waals surface area contributed by atoms with Crippen LogP contribution >= 0.6 is 0 Å². The Morgan fingerprint density at radius 2 is 1.86 bits per heavy atom. The molecule has 22 heavy (non-hydrogen) atoms. The molecule has 0 unspecified atom stereocenters. The van der Waals surface area contributed by atoms with Crippen LogP contribution in [0.15, 0.2) is 30.3 Å². The molecule has 3 fully saturated rings. The van der Waals surface area contributed by atoms with Gasteiger partial charge in [0.05, 0.1) is 6.10 Å². The number of hydrogen-bond acceptors (Lipinski definition) is 2. The van der Waals surface area contributed by atoms with Crippen molar-refractivity contribution in [2.24, 2.45) is 17.3 Å². The minimum absolute atomic E-state index is 0.163. The van der Waals surface area contributed by atoms with E-state index in [1.165, 1.54) is 63.7 Å². The molecule has 1 N–H and O–H groups in total. The van der Waals surface area contributed by atoms with E-state index in [-0.39, 0.29) is 6.10 Å². The molecule has 2 nitrogen and oxygen atoms in total. The third-order valence-corrected chi connectivity index (χ3v) is 6.65. The number of benzene rings is 1. The van der Waals surface area contributed by atoms with E-state index in [4.69, 9.17) is 0 Å². The summed E-state index contributed by atoms with van der Waals surface area (Å²) in [6, 6.07) is 10.4. The van der Waals surface area contributed by atoms with Crippen molar-refractivity contribution in [3.8, 4) is 0 Å². The second kappa shape index (κ2) is 5.98. The Hall–Kier alpha value is -0.860. The van der Waals surface area contributed by atoms with Gasteiger partial charge in [0.25, 0.3) is 0 Å². The second-order valence-electron chi connectivity index (χ2n) is 8.01. The highest BCUT2D eigenvalue weighted by molar-refractivity contribution is 5.15. The molecule has 0 amide bonds. The van der Waals surface area contributed by atoms with Crippen LogP contribution in [0.1, 0.15) is 44.1 Å². The molecule has 1 aromatic carbocycles. The Balaban J connectivity index is 1.22. The van der Waals surface area contributed by atoms with E-state index in [2.05, 4.69) is 29.2 Å². The summed E-state index contributed by atoms with van der Waals surface area (Å²) in [7, 11) is 0. The first kappa shape index (κ1) is 14.7. The smallest absolute Gasteiger partial charge is 0.0609 e. The maximum Gasteiger partial charge on any atom is 0.0609 e. The minimum atomic E-state index is -0.163. The van der Waals surface area contributed by atoms with E-state index < -0.39 is 0 Å². The van der Waals surface area contributed by atoms with Crippen molar-refractivity contribution < 1.29 is 5.11 Å². The molecule has 0 aromatic heterocycles. The zero-order valence-electron chi connectivity index (χ0n) is 13.6. The molecule has 0 radical (unpaired) electrons. The van der Waals surface area contributed by atoms with Gasteiger partial charge in [-0.05, 0) is 74.4 Å². The summed E-state index contributed by atoms with van der Waals surface area (Å²) in [4.78, 5) is 2.67. The van der Waals surface area contributed by atoms with E-state index in [1.807, 2.05) is 6.07 Å². The lowest BCUT2D eigenvalue weighted by molar-refractivity contribution is 0.0559. The third-order valence-electron chi connectivity index (χ3n) is 6.65. The number of likely N-dealkylation sites (tertiary alicyclic amines) is 1. The maximum absolute atomic E-state index is 10.5. The molecule has 2 heteroatoms. The fourth-order valence-corrected chi connectivity index (χ4v) is 4.79. The van der Waals surface area contributed by atoms with Crippen molar-refractivity contribution in [2.45, 2.75) is 51.0 Å². The lowest BCUT2D eigenvalue weighted by Gasteiger charge is -2.35. The summed E-state index contributed by atoms with van der Waals surface area (Å²) in [6.45, 7) is 3.73. The first-order valence-electron chi connectivity index (χ1n) is 9.20. The van der Waals surface area contributed by atoms with Gasteiger partial charge in [0.15, 0.2) is 0 Å². The van der Waals surface area contributed by atoms with Gasteiger partial charge in [-0.1, -0.05) is 36.8 Å². The molecule has 2 saturated carbocycles. The molecule has 1 aliphatic heterocycles. The molecule has 2 aliphatic carbocycles. The van der Waals surface area contributed by atoms with Gasteiger partial charge < -0.3 is 10.0 Å². The Labute approximate surface area is 134 Å². The zero-order valence-corrected chi connectivity index (χ0v) is 13.6. The van der Waals surface area contributed by atoms with E-state index in [9.17, 15) is 5.11 Å². The van der Waals surface area contributed by atoms with Crippen LogP contribution in [0.25, 0.3) is 0 Å². The summed E-state index contributed by atoms with van der Waals surface area (Å²) in [6.07, 6.45) is 8.99. The topological polar surface area (TPSA) is 23.5 Å². The standard InChI is InChI=1S/C20H29NO/c22-19(13-16-5-2-1-3-6-16)17-7-11-21(12-8-17)15-18-14-20(18)9-4-10-20/h1-3,5-6,17-19,22H,4,7-15H2/t18-,19-/m0/s1. The zero-order chi connectivity index (χ0) is 15.0. The highest BCUT2D eigenvalue weighted by Crippen LogP contribution is 2.65. The van der Waals surface area contributed by atoms with E-state index in [1.54, 1.807) is 0 Å². The fraction of sp³-hybridized carbons (Fsp3) is 0.700. The summed E-state index contributed by atoms with van der Waals surface area (Å²) >= 11 is 0. The second-order valence-corrected chi connectivity index (χ2v) is 8.01. The van der Waals surface area contributed by atoms with Crippen LogP contribution in [0.2, 0.25) is 0 Å². The predicted molar refractivity (Wildman–Crippen MR) is 89.7 cm³/mol. The van der Waals surface area contributed by atoms with Crippen LogP contribution in [0.4, 0.5) is 0 Å². The van der Waals surface area contributed by atoms with Crippen molar-refractivity contribution >= 4 is 0 Å². The SMILES string of the molecule is O[C@@H](Cc1ccccc1)C1CCN(C[C@@H]2CC23CCC3)CC1. The van der Waals surface area contributed by atoms with E-state index in [0.717, 1.165) is 17.8 Å². The van der Waals surface area contributed by atoms with Crippen molar-refractivity contribution in [2.75, 3.05) is 19.6 Å². The number of piperidine rings is 1. The Morgan fingerprint density at radius 3 is 2.45 bits per heavy atom. The first-order valence-corrected chi connectivity index (χ1v) is 9.20. The predicted octanol–water partition coefficient (Wildman–Crippen LogP) is 3.49. The molecule has 1 spiro atoms. The molecule has 1 saturated heterocycles. The summed E-state index contributed by atoms with van der Waals surface area (Å²) in [5.74, 6) is 1.50. The van der Waals surface area contributed by atoms with Crippen LogP contribution in [0, 0.1) is 17.3 Å². The Kier molecular flexibility index (Phi) is 4.00. The maximum atomic E-state index is 10.5. The highest BCUT2D eigenvalue weighted by atomic mass is 16.3. The van der Waals surface area contributed by atoms with Gasteiger partial charge in [0, 0.05) is 6.54 Å². The van der Waals surface area contributed by atoms with Gasteiger partial charge in [0.1, 0.15) is 0 Å². The summed E-state index contributed by atoms with van der Waals surface area (Å²) in [5.41, 5.74) is 2.08. The average Bonchev–Trinajstić information content (AvgIpc) is 3.23. The number of rotatable bonds is 5. The number of nitrogens with zero attached hydrogens (tertiary/aromatic N) is 1. The van der Waals surface area contributed by atoms with Crippen molar-refractivity contribution in [1.82, 2.24) is 4.90 Å². The van der Waals surface area contributed by atoms with Gasteiger partial charge in [0.2, 0.25) is 0 Å². The quantitative estimate of drug-likeness (QED) is 0.899. The molecule has 4 rings (SSSR count). The molecule has 1 heterocycles. The fourth-order valence-electron chi connectivity index (χ4n) is 4.79.